The SMILES string of the molecule is CCc1ccc(NC(=O)C(C)(C)c2ccc(N)cc2)c(C(=O)O)c1. The molecule has 5 nitrogen and oxygen atoms in total. The second-order valence-electron chi connectivity index (χ2n) is 6.24. The Hall–Kier alpha value is -2.82. The zero-order valence-electron chi connectivity index (χ0n) is 14.1. The van der Waals surface area contributed by atoms with E-state index in [1.807, 2.05) is 13.0 Å². The van der Waals surface area contributed by atoms with E-state index < -0.39 is 11.4 Å². The first-order valence-electron chi connectivity index (χ1n) is 7.79. The Bertz CT molecular complexity index is 765. The minimum atomic E-state index is -1.06. The molecule has 0 aliphatic carbocycles. The molecule has 5 heteroatoms. The van der Waals surface area contributed by atoms with Gasteiger partial charge in [-0.2, -0.15) is 0 Å². The van der Waals surface area contributed by atoms with E-state index in [9.17, 15) is 14.7 Å². The topological polar surface area (TPSA) is 92.4 Å². The molecule has 2 rings (SSSR count). The van der Waals surface area contributed by atoms with E-state index >= 15 is 0 Å². The van der Waals surface area contributed by atoms with E-state index in [0.717, 1.165) is 17.5 Å². The number of nitrogen functional groups attached to an aromatic ring is 1. The standard InChI is InChI=1S/C19H22N2O3/c1-4-12-5-10-16(15(11-12)17(22)23)21-18(24)19(2,3)13-6-8-14(20)9-7-13/h5-11H,4,20H2,1-3H3,(H,21,24)(H,22,23). The minimum absolute atomic E-state index is 0.0933. The summed E-state index contributed by atoms with van der Waals surface area (Å²) in [5, 5.41) is 12.1. The van der Waals surface area contributed by atoms with Gasteiger partial charge in [-0.25, -0.2) is 4.79 Å². The van der Waals surface area contributed by atoms with Crippen molar-refractivity contribution in [2.75, 3.05) is 11.1 Å². The van der Waals surface area contributed by atoms with E-state index in [1.165, 1.54) is 0 Å². The van der Waals surface area contributed by atoms with Crippen LogP contribution in [0.5, 0.6) is 0 Å². The van der Waals surface area contributed by atoms with Crippen LogP contribution in [-0.2, 0) is 16.6 Å². The highest BCUT2D eigenvalue weighted by Crippen LogP contribution is 2.27. The molecule has 0 aromatic heterocycles. The van der Waals surface area contributed by atoms with Crippen LogP contribution in [0.2, 0.25) is 0 Å². The molecule has 0 bridgehead atoms. The maximum Gasteiger partial charge on any atom is 0.337 e. The predicted molar refractivity (Wildman–Crippen MR) is 95.3 cm³/mol. The van der Waals surface area contributed by atoms with Crippen LogP contribution in [0.4, 0.5) is 11.4 Å². The zero-order chi connectivity index (χ0) is 17.9. The molecule has 0 aliphatic rings. The number of benzene rings is 2. The number of hydrogen-bond donors (Lipinski definition) is 3. The van der Waals surface area contributed by atoms with Crippen LogP contribution in [-0.4, -0.2) is 17.0 Å². The fraction of sp³-hybridized carbons (Fsp3) is 0.263. The third kappa shape index (κ3) is 3.56. The van der Waals surface area contributed by atoms with Crippen molar-refractivity contribution < 1.29 is 14.7 Å². The Balaban J connectivity index is 2.31. The number of aromatic carboxylic acids is 1. The van der Waals surface area contributed by atoms with Crippen molar-refractivity contribution in [2.45, 2.75) is 32.6 Å². The summed E-state index contributed by atoms with van der Waals surface area (Å²) in [6, 6.07) is 12.1. The van der Waals surface area contributed by atoms with Crippen LogP contribution in [0.15, 0.2) is 42.5 Å². The molecule has 0 radical (unpaired) electrons. The average molecular weight is 326 g/mol. The number of carboxylic acids is 1. The molecule has 2 aromatic carbocycles. The van der Waals surface area contributed by atoms with Gasteiger partial charge in [-0.1, -0.05) is 25.1 Å². The number of hydrogen-bond acceptors (Lipinski definition) is 3. The second-order valence-corrected chi connectivity index (χ2v) is 6.24. The molecule has 0 unspecified atom stereocenters. The van der Waals surface area contributed by atoms with Gasteiger partial charge in [0.1, 0.15) is 0 Å². The van der Waals surface area contributed by atoms with Crippen molar-refractivity contribution in [3.63, 3.8) is 0 Å². The summed E-state index contributed by atoms with van der Waals surface area (Å²) in [4.78, 5) is 24.2. The van der Waals surface area contributed by atoms with Crippen LogP contribution in [0.25, 0.3) is 0 Å². The maximum atomic E-state index is 12.7. The van der Waals surface area contributed by atoms with Gasteiger partial charge in [0.25, 0.3) is 0 Å². The van der Waals surface area contributed by atoms with Crippen molar-refractivity contribution in [1.82, 2.24) is 0 Å². The number of anilines is 2. The normalized spacial score (nSPS) is 11.1. The number of carbonyl (C=O) groups excluding carboxylic acids is 1. The summed E-state index contributed by atoms with van der Waals surface area (Å²) in [5.74, 6) is -1.34. The fourth-order valence-electron chi connectivity index (χ4n) is 2.41. The van der Waals surface area contributed by atoms with Crippen LogP contribution >= 0.6 is 0 Å². The zero-order valence-corrected chi connectivity index (χ0v) is 14.1. The highest BCUT2D eigenvalue weighted by molar-refractivity contribution is 6.04. The lowest BCUT2D eigenvalue weighted by molar-refractivity contribution is -0.120. The molecule has 0 fully saturated rings. The fourth-order valence-corrected chi connectivity index (χ4v) is 2.41. The third-order valence-electron chi connectivity index (χ3n) is 4.17. The number of rotatable bonds is 5. The monoisotopic (exact) mass is 326 g/mol. The predicted octanol–water partition coefficient (Wildman–Crippen LogP) is 3.45. The lowest BCUT2D eigenvalue weighted by Gasteiger charge is -2.25. The smallest absolute Gasteiger partial charge is 0.337 e. The van der Waals surface area contributed by atoms with Gasteiger partial charge in [-0.3, -0.25) is 4.79 Å². The molecule has 1 amide bonds. The number of nitrogens with one attached hydrogen (secondary N) is 1. The van der Waals surface area contributed by atoms with Gasteiger partial charge in [0.05, 0.1) is 16.7 Å². The summed E-state index contributed by atoms with van der Waals surface area (Å²) < 4.78 is 0. The van der Waals surface area contributed by atoms with Gasteiger partial charge in [0.15, 0.2) is 0 Å². The lowest BCUT2D eigenvalue weighted by atomic mass is 9.83. The van der Waals surface area contributed by atoms with Crippen LogP contribution in [0, 0.1) is 0 Å². The van der Waals surface area contributed by atoms with Crippen molar-refractivity contribution in [3.8, 4) is 0 Å². The van der Waals surface area contributed by atoms with Crippen molar-refractivity contribution >= 4 is 23.3 Å². The first-order valence-corrected chi connectivity index (χ1v) is 7.79. The Morgan fingerprint density at radius 1 is 1.12 bits per heavy atom. The summed E-state index contributed by atoms with van der Waals surface area (Å²) in [7, 11) is 0. The molecule has 0 saturated heterocycles. The number of carboxylic acid groups (broad SMARTS) is 1. The Labute approximate surface area is 141 Å². The molecule has 0 heterocycles. The summed E-state index contributed by atoms with van der Waals surface area (Å²) in [5.41, 5.74) is 7.58. The van der Waals surface area contributed by atoms with E-state index in [-0.39, 0.29) is 11.5 Å². The highest BCUT2D eigenvalue weighted by Gasteiger charge is 2.30. The average Bonchev–Trinajstić information content (AvgIpc) is 2.55. The van der Waals surface area contributed by atoms with E-state index in [1.54, 1.807) is 50.2 Å². The van der Waals surface area contributed by atoms with Crippen LogP contribution in [0.3, 0.4) is 0 Å². The molecule has 4 N–H and O–H groups in total. The maximum absolute atomic E-state index is 12.7. The Morgan fingerprint density at radius 3 is 2.29 bits per heavy atom. The Morgan fingerprint density at radius 2 is 1.75 bits per heavy atom. The van der Waals surface area contributed by atoms with Crippen molar-refractivity contribution in [1.29, 1.82) is 0 Å². The van der Waals surface area contributed by atoms with Gasteiger partial charge in [0.2, 0.25) is 5.91 Å². The van der Waals surface area contributed by atoms with Gasteiger partial charge in [-0.05, 0) is 55.7 Å². The number of nitrogens with two attached hydrogens (primary N) is 1. The van der Waals surface area contributed by atoms with Crippen molar-refractivity contribution in [2.24, 2.45) is 0 Å². The molecular weight excluding hydrogens is 304 g/mol. The first-order chi connectivity index (χ1) is 11.3. The van der Waals surface area contributed by atoms with Crippen LogP contribution < -0.4 is 11.1 Å². The lowest BCUT2D eigenvalue weighted by Crippen LogP contribution is -2.35. The molecule has 0 spiro atoms. The number of amides is 1. The molecule has 126 valence electrons. The van der Waals surface area contributed by atoms with Gasteiger partial charge in [0, 0.05) is 5.69 Å². The summed E-state index contributed by atoms with van der Waals surface area (Å²) in [6.07, 6.45) is 0.728. The Kier molecular flexibility index (Phi) is 4.93. The first kappa shape index (κ1) is 17.5. The third-order valence-corrected chi connectivity index (χ3v) is 4.17. The molecule has 24 heavy (non-hydrogen) atoms. The van der Waals surface area contributed by atoms with Gasteiger partial charge >= 0.3 is 5.97 Å². The number of aryl methyl sites for hydroxylation is 1. The van der Waals surface area contributed by atoms with E-state index in [4.69, 9.17) is 5.73 Å². The van der Waals surface area contributed by atoms with Crippen LogP contribution in [0.1, 0.15) is 42.3 Å². The molecule has 0 atom stereocenters. The summed E-state index contributed by atoms with van der Waals surface area (Å²) >= 11 is 0. The number of carbonyl (C=O) groups is 2. The largest absolute Gasteiger partial charge is 0.478 e. The van der Waals surface area contributed by atoms with Crippen molar-refractivity contribution in [3.05, 3.63) is 59.2 Å². The van der Waals surface area contributed by atoms with E-state index in [0.29, 0.717) is 11.4 Å². The molecule has 0 saturated carbocycles. The van der Waals surface area contributed by atoms with Gasteiger partial charge in [-0.15, -0.1) is 0 Å². The summed E-state index contributed by atoms with van der Waals surface area (Å²) in [6.45, 7) is 5.52. The molecule has 0 aliphatic heterocycles. The quantitative estimate of drug-likeness (QED) is 0.734. The minimum Gasteiger partial charge on any atom is -0.478 e. The highest BCUT2D eigenvalue weighted by atomic mass is 16.4. The second kappa shape index (κ2) is 6.74. The van der Waals surface area contributed by atoms with Gasteiger partial charge < -0.3 is 16.2 Å². The van der Waals surface area contributed by atoms with E-state index in [2.05, 4.69) is 5.32 Å². The molecular formula is C19H22N2O3. The molecule has 2 aromatic rings.